The highest BCUT2D eigenvalue weighted by Crippen LogP contribution is 2.33. The van der Waals surface area contributed by atoms with Gasteiger partial charge >= 0.3 is 0 Å². The van der Waals surface area contributed by atoms with Crippen LogP contribution in [0.15, 0.2) is 69.8 Å². The second-order valence-corrected chi connectivity index (χ2v) is 10.5. The Morgan fingerprint density at radius 3 is 2.56 bits per heavy atom. The van der Waals surface area contributed by atoms with E-state index in [0.29, 0.717) is 35.9 Å². The van der Waals surface area contributed by atoms with E-state index >= 15 is 0 Å². The van der Waals surface area contributed by atoms with Gasteiger partial charge in [0.15, 0.2) is 11.5 Å². The zero-order valence-corrected chi connectivity index (χ0v) is 23.3. The van der Waals surface area contributed by atoms with Gasteiger partial charge in [-0.15, -0.1) is 0 Å². The van der Waals surface area contributed by atoms with Crippen molar-refractivity contribution in [2.24, 2.45) is 0 Å². The standard InChI is InChI=1S/C29H32BrN3O6/c30-24-5-1-4-23(17-24)29(35)32(10-3-9-31-11-14-36-15-12-31)20-28(34)33(19-25-6-2-13-37-25)18-22-7-8-26-27(16-22)39-21-38-26/h1-2,4-8,13,16-17H,3,9-12,14-15,18-21H2. The van der Waals surface area contributed by atoms with E-state index in [2.05, 4.69) is 20.8 Å². The van der Waals surface area contributed by atoms with Gasteiger partial charge in [-0.3, -0.25) is 14.5 Å². The fraction of sp³-hybridized carbons (Fsp3) is 0.379. The summed E-state index contributed by atoms with van der Waals surface area (Å²) in [5, 5.41) is 0. The Hall–Kier alpha value is -3.34. The number of nitrogens with zero attached hydrogens (tertiary/aromatic N) is 3. The SMILES string of the molecule is O=C(CN(CCCN1CCOCC1)C(=O)c1cccc(Br)c1)N(Cc1ccc2c(c1)OCO2)Cc1ccco1. The van der Waals surface area contributed by atoms with Crippen molar-refractivity contribution in [2.75, 3.05) is 52.7 Å². The molecule has 2 aromatic carbocycles. The Morgan fingerprint density at radius 1 is 0.923 bits per heavy atom. The quantitative estimate of drug-likeness (QED) is 0.328. The van der Waals surface area contributed by atoms with Gasteiger partial charge in [-0.05, 0) is 54.4 Å². The molecule has 206 valence electrons. The van der Waals surface area contributed by atoms with Crippen molar-refractivity contribution in [3.8, 4) is 11.5 Å². The number of rotatable bonds is 11. The number of benzene rings is 2. The summed E-state index contributed by atoms with van der Waals surface area (Å²) in [6, 6.07) is 16.6. The van der Waals surface area contributed by atoms with E-state index in [4.69, 9.17) is 18.6 Å². The van der Waals surface area contributed by atoms with Crippen molar-refractivity contribution < 1.29 is 28.2 Å². The fourth-order valence-corrected chi connectivity index (χ4v) is 5.11. The summed E-state index contributed by atoms with van der Waals surface area (Å²) in [6.45, 7) is 5.28. The number of carbonyl (C=O) groups excluding carboxylic acids is 2. The van der Waals surface area contributed by atoms with E-state index in [-0.39, 0.29) is 31.7 Å². The Labute approximate surface area is 236 Å². The van der Waals surface area contributed by atoms with Gasteiger partial charge in [0.05, 0.1) is 26.0 Å². The number of morpholine rings is 1. The summed E-state index contributed by atoms with van der Waals surface area (Å²) in [7, 11) is 0. The van der Waals surface area contributed by atoms with Crippen LogP contribution in [-0.2, 0) is 22.6 Å². The second kappa shape index (κ2) is 13.1. The number of fused-ring (bicyclic) bond motifs is 1. The predicted molar refractivity (Wildman–Crippen MR) is 147 cm³/mol. The zero-order chi connectivity index (χ0) is 27.0. The Bertz CT molecular complexity index is 1260. The van der Waals surface area contributed by atoms with Crippen molar-refractivity contribution >= 4 is 27.7 Å². The van der Waals surface area contributed by atoms with Crippen LogP contribution in [0, 0.1) is 0 Å². The minimum absolute atomic E-state index is 0.0419. The molecule has 39 heavy (non-hydrogen) atoms. The molecular weight excluding hydrogens is 566 g/mol. The molecule has 5 rings (SSSR count). The normalized spacial score (nSPS) is 14.8. The highest BCUT2D eigenvalue weighted by molar-refractivity contribution is 9.10. The molecule has 2 amide bonds. The van der Waals surface area contributed by atoms with Crippen LogP contribution in [0.4, 0.5) is 0 Å². The molecule has 9 nitrogen and oxygen atoms in total. The van der Waals surface area contributed by atoms with E-state index in [1.807, 2.05) is 36.4 Å². The topological polar surface area (TPSA) is 84.7 Å². The van der Waals surface area contributed by atoms with Crippen molar-refractivity contribution in [3.05, 3.63) is 82.2 Å². The second-order valence-electron chi connectivity index (χ2n) is 9.56. The molecule has 1 fully saturated rings. The van der Waals surface area contributed by atoms with Crippen LogP contribution in [0.1, 0.15) is 28.1 Å². The molecule has 0 spiro atoms. The number of ether oxygens (including phenoxy) is 3. The van der Waals surface area contributed by atoms with Crippen molar-refractivity contribution in [1.29, 1.82) is 0 Å². The molecule has 10 heteroatoms. The van der Waals surface area contributed by atoms with E-state index in [9.17, 15) is 9.59 Å². The summed E-state index contributed by atoms with van der Waals surface area (Å²) in [5.41, 5.74) is 1.44. The number of halogens is 1. The minimum atomic E-state index is -0.173. The van der Waals surface area contributed by atoms with E-state index in [1.165, 1.54) is 0 Å². The molecule has 2 aliphatic heterocycles. The Morgan fingerprint density at radius 2 is 1.77 bits per heavy atom. The molecular formula is C29H32BrN3O6. The highest BCUT2D eigenvalue weighted by atomic mass is 79.9. The van der Waals surface area contributed by atoms with Gasteiger partial charge in [0.2, 0.25) is 12.7 Å². The molecule has 3 aromatic rings. The lowest BCUT2D eigenvalue weighted by atomic mass is 10.1. The van der Waals surface area contributed by atoms with Crippen LogP contribution in [0.5, 0.6) is 11.5 Å². The largest absolute Gasteiger partial charge is 0.467 e. The molecule has 0 radical (unpaired) electrons. The predicted octanol–water partition coefficient (Wildman–Crippen LogP) is 4.16. The van der Waals surface area contributed by atoms with Gasteiger partial charge in [0, 0.05) is 42.8 Å². The maximum absolute atomic E-state index is 13.8. The lowest BCUT2D eigenvalue weighted by molar-refractivity contribution is -0.133. The van der Waals surface area contributed by atoms with E-state index in [1.54, 1.807) is 34.3 Å². The molecule has 2 aliphatic rings. The fourth-order valence-electron chi connectivity index (χ4n) is 4.71. The van der Waals surface area contributed by atoms with Gasteiger partial charge in [0.25, 0.3) is 5.91 Å². The number of furan rings is 1. The summed E-state index contributed by atoms with van der Waals surface area (Å²) in [4.78, 5) is 33.1. The summed E-state index contributed by atoms with van der Waals surface area (Å²) in [6.07, 6.45) is 2.35. The zero-order valence-electron chi connectivity index (χ0n) is 21.7. The van der Waals surface area contributed by atoms with Gasteiger partial charge in [-0.1, -0.05) is 28.1 Å². The van der Waals surface area contributed by atoms with Crippen LogP contribution < -0.4 is 9.47 Å². The first-order chi connectivity index (χ1) is 19.0. The molecule has 0 bridgehead atoms. The monoisotopic (exact) mass is 597 g/mol. The highest BCUT2D eigenvalue weighted by Gasteiger charge is 2.25. The van der Waals surface area contributed by atoms with E-state index < -0.39 is 0 Å². The average molecular weight is 598 g/mol. The third-order valence-corrected chi connectivity index (χ3v) is 7.27. The molecule has 0 N–H and O–H groups in total. The van der Waals surface area contributed by atoms with Crippen LogP contribution in [0.2, 0.25) is 0 Å². The minimum Gasteiger partial charge on any atom is -0.467 e. The van der Waals surface area contributed by atoms with Crippen LogP contribution in [-0.4, -0.2) is 79.2 Å². The lowest BCUT2D eigenvalue weighted by Gasteiger charge is -2.30. The molecule has 1 aromatic heterocycles. The maximum Gasteiger partial charge on any atom is 0.254 e. The molecule has 0 aliphatic carbocycles. The number of hydrogen-bond donors (Lipinski definition) is 0. The lowest BCUT2D eigenvalue weighted by Crippen LogP contribution is -2.44. The molecule has 0 atom stereocenters. The first-order valence-electron chi connectivity index (χ1n) is 13.1. The van der Waals surface area contributed by atoms with Crippen LogP contribution in [0.25, 0.3) is 0 Å². The molecule has 3 heterocycles. The number of hydrogen-bond acceptors (Lipinski definition) is 7. The third-order valence-electron chi connectivity index (χ3n) is 6.78. The number of amides is 2. The molecule has 0 saturated carbocycles. The molecule has 1 saturated heterocycles. The van der Waals surface area contributed by atoms with Crippen molar-refractivity contribution in [3.63, 3.8) is 0 Å². The van der Waals surface area contributed by atoms with Crippen molar-refractivity contribution in [1.82, 2.24) is 14.7 Å². The first kappa shape index (κ1) is 27.2. The van der Waals surface area contributed by atoms with Crippen LogP contribution in [0.3, 0.4) is 0 Å². The Balaban J connectivity index is 1.32. The maximum atomic E-state index is 13.8. The number of carbonyl (C=O) groups is 2. The van der Waals surface area contributed by atoms with Gasteiger partial charge < -0.3 is 28.4 Å². The summed E-state index contributed by atoms with van der Waals surface area (Å²) < 4.78 is 22.8. The summed E-state index contributed by atoms with van der Waals surface area (Å²) >= 11 is 3.46. The summed E-state index contributed by atoms with van der Waals surface area (Å²) in [5.74, 6) is 1.67. The third kappa shape index (κ3) is 7.40. The smallest absolute Gasteiger partial charge is 0.254 e. The average Bonchev–Trinajstić information content (AvgIpc) is 3.64. The van der Waals surface area contributed by atoms with Gasteiger partial charge in [-0.25, -0.2) is 0 Å². The first-order valence-corrected chi connectivity index (χ1v) is 13.9. The van der Waals surface area contributed by atoms with Gasteiger partial charge in [-0.2, -0.15) is 0 Å². The van der Waals surface area contributed by atoms with Gasteiger partial charge in [0.1, 0.15) is 12.3 Å². The Kier molecular flexibility index (Phi) is 9.18. The van der Waals surface area contributed by atoms with E-state index in [0.717, 1.165) is 49.3 Å². The van der Waals surface area contributed by atoms with Crippen molar-refractivity contribution in [2.45, 2.75) is 19.5 Å². The van der Waals surface area contributed by atoms with Crippen LogP contribution >= 0.6 is 15.9 Å². The molecule has 0 unspecified atom stereocenters.